The monoisotopic (exact) mass is 410 g/mol. The number of nitrogens with one attached hydrogen (secondary N) is 1. The Labute approximate surface area is 179 Å². The summed E-state index contributed by atoms with van der Waals surface area (Å²) in [7, 11) is -0.353. The standard InChI is InChI=1S/C23H31BN2O4/c1-22(2)23(3,4)30-24(29-22)18-8-10-21-16(12-18)7-9-19(28-21)14-26-15-20(27)17-6-5-11-25-13-17/h5-6,8,10-13,19-20,26-27H,7,9,14-15H2,1-4H3/t19-,20+/m1/s1. The molecule has 4 rings (SSSR count). The third kappa shape index (κ3) is 4.40. The van der Waals surface area contributed by atoms with E-state index in [9.17, 15) is 5.11 Å². The summed E-state index contributed by atoms with van der Waals surface area (Å²) in [5.74, 6) is 0.918. The van der Waals surface area contributed by atoms with Crippen LogP contribution < -0.4 is 15.5 Å². The number of benzene rings is 1. The van der Waals surface area contributed by atoms with Gasteiger partial charge in [-0.1, -0.05) is 18.2 Å². The molecule has 0 bridgehead atoms. The first-order valence-corrected chi connectivity index (χ1v) is 10.7. The minimum atomic E-state index is -0.572. The van der Waals surface area contributed by atoms with Crippen molar-refractivity contribution in [3.05, 3.63) is 53.9 Å². The molecule has 2 atom stereocenters. The summed E-state index contributed by atoms with van der Waals surface area (Å²) in [6.45, 7) is 9.43. The molecule has 0 saturated carbocycles. The van der Waals surface area contributed by atoms with Crippen LogP contribution in [0, 0.1) is 0 Å². The van der Waals surface area contributed by atoms with Gasteiger partial charge in [-0.2, -0.15) is 0 Å². The molecular formula is C23H31BN2O4. The average molecular weight is 410 g/mol. The van der Waals surface area contributed by atoms with Crippen molar-refractivity contribution in [3.63, 3.8) is 0 Å². The molecule has 1 aromatic carbocycles. The number of aromatic nitrogens is 1. The fourth-order valence-electron chi connectivity index (χ4n) is 3.81. The molecule has 0 aliphatic carbocycles. The van der Waals surface area contributed by atoms with Crippen LogP contribution in [-0.2, 0) is 15.7 Å². The molecule has 2 aromatic rings. The molecule has 1 saturated heterocycles. The van der Waals surface area contributed by atoms with E-state index in [2.05, 4.69) is 44.1 Å². The lowest BCUT2D eigenvalue weighted by molar-refractivity contribution is 0.00578. The van der Waals surface area contributed by atoms with Crippen molar-refractivity contribution >= 4 is 12.6 Å². The fourth-order valence-corrected chi connectivity index (χ4v) is 3.81. The van der Waals surface area contributed by atoms with Crippen LogP contribution in [0.25, 0.3) is 0 Å². The van der Waals surface area contributed by atoms with Gasteiger partial charge in [0.2, 0.25) is 0 Å². The predicted octanol–water partition coefficient (Wildman–Crippen LogP) is 2.40. The van der Waals surface area contributed by atoms with Crippen molar-refractivity contribution in [2.24, 2.45) is 0 Å². The molecule has 0 amide bonds. The molecule has 2 N–H and O–H groups in total. The lowest BCUT2D eigenvalue weighted by atomic mass is 9.77. The molecule has 160 valence electrons. The van der Waals surface area contributed by atoms with Crippen molar-refractivity contribution in [3.8, 4) is 5.75 Å². The van der Waals surface area contributed by atoms with Crippen LogP contribution in [0.15, 0.2) is 42.7 Å². The molecule has 1 fully saturated rings. The summed E-state index contributed by atoms with van der Waals surface area (Å²) in [6, 6.07) is 9.91. The van der Waals surface area contributed by atoms with E-state index in [1.165, 1.54) is 5.56 Å². The second-order valence-corrected chi connectivity index (χ2v) is 9.19. The molecule has 6 nitrogen and oxygen atoms in total. The van der Waals surface area contributed by atoms with Crippen LogP contribution in [0.5, 0.6) is 5.75 Å². The van der Waals surface area contributed by atoms with Gasteiger partial charge in [-0.25, -0.2) is 0 Å². The molecule has 1 aromatic heterocycles. The molecule has 30 heavy (non-hydrogen) atoms. The first-order valence-electron chi connectivity index (χ1n) is 10.7. The maximum absolute atomic E-state index is 10.2. The fraction of sp³-hybridized carbons (Fsp3) is 0.522. The maximum Gasteiger partial charge on any atom is 0.494 e. The molecule has 0 unspecified atom stereocenters. The highest BCUT2D eigenvalue weighted by molar-refractivity contribution is 6.62. The smallest absolute Gasteiger partial charge is 0.489 e. The van der Waals surface area contributed by atoms with E-state index >= 15 is 0 Å². The van der Waals surface area contributed by atoms with Crippen LogP contribution in [0.1, 0.15) is 51.3 Å². The number of aryl methyl sites for hydroxylation is 1. The highest BCUT2D eigenvalue weighted by Gasteiger charge is 2.51. The van der Waals surface area contributed by atoms with Gasteiger partial charge in [0.25, 0.3) is 0 Å². The number of pyridine rings is 1. The summed E-state index contributed by atoms with van der Waals surface area (Å²) in [4.78, 5) is 4.05. The quantitative estimate of drug-likeness (QED) is 0.713. The second kappa shape index (κ2) is 8.31. The predicted molar refractivity (Wildman–Crippen MR) is 117 cm³/mol. The van der Waals surface area contributed by atoms with Gasteiger partial charge in [-0.3, -0.25) is 4.98 Å². The van der Waals surface area contributed by atoms with Gasteiger partial charge in [-0.05, 0) is 63.7 Å². The lowest BCUT2D eigenvalue weighted by Gasteiger charge is -2.32. The largest absolute Gasteiger partial charge is 0.494 e. The maximum atomic E-state index is 10.2. The van der Waals surface area contributed by atoms with E-state index in [1.54, 1.807) is 12.4 Å². The summed E-state index contributed by atoms with van der Waals surface area (Å²) in [5, 5.41) is 13.6. The number of hydrogen-bond acceptors (Lipinski definition) is 6. The Balaban J connectivity index is 1.32. The molecule has 7 heteroatoms. The van der Waals surface area contributed by atoms with Crippen molar-refractivity contribution < 1.29 is 19.2 Å². The molecule has 2 aliphatic rings. The Hall–Kier alpha value is -1.93. The first kappa shape index (κ1) is 21.3. The summed E-state index contributed by atoms with van der Waals surface area (Å²) in [6.07, 6.45) is 4.78. The average Bonchev–Trinajstić information content (AvgIpc) is 2.95. The zero-order chi connectivity index (χ0) is 21.4. The van der Waals surface area contributed by atoms with E-state index in [4.69, 9.17) is 14.0 Å². The highest BCUT2D eigenvalue weighted by Crippen LogP contribution is 2.37. The second-order valence-electron chi connectivity index (χ2n) is 9.19. The number of hydrogen-bond donors (Lipinski definition) is 2. The van der Waals surface area contributed by atoms with Crippen molar-refractivity contribution in [1.82, 2.24) is 10.3 Å². The Bertz CT molecular complexity index is 859. The third-order valence-electron chi connectivity index (χ3n) is 6.42. The highest BCUT2D eigenvalue weighted by atomic mass is 16.7. The normalized spacial score (nSPS) is 23.0. The Morgan fingerprint density at radius 3 is 2.67 bits per heavy atom. The van der Waals surface area contributed by atoms with E-state index < -0.39 is 6.10 Å². The number of rotatable bonds is 6. The Morgan fingerprint density at radius 1 is 1.20 bits per heavy atom. The third-order valence-corrected chi connectivity index (χ3v) is 6.42. The molecule has 0 radical (unpaired) electrons. The van der Waals surface area contributed by atoms with Crippen molar-refractivity contribution in [2.45, 2.75) is 63.9 Å². The summed E-state index contributed by atoms with van der Waals surface area (Å²) in [5.41, 5.74) is 2.35. The minimum absolute atomic E-state index is 0.0845. The number of aliphatic hydroxyl groups is 1. The van der Waals surface area contributed by atoms with E-state index in [1.807, 2.05) is 24.3 Å². The zero-order valence-electron chi connectivity index (χ0n) is 18.2. The van der Waals surface area contributed by atoms with Crippen LogP contribution in [0.2, 0.25) is 0 Å². The van der Waals surface area contributed by atoms with E-state index in [0.717, 1.165) is 29.6 Å². The van der Waals surface area contributed by atoms with Crippen molar-refractivity contribution in [1.29, 1.82) is 0 Å². The first-order chi connectivity index (χ1) is 14.2. The summed E-state index contributed by atoms with van der Waals surface area (Å²) < 4.78 is 18.5. The van der Waals surface area contributed by atoms with Crippen LogP contribution >= 0.6 is 0 Å². The Morgan fingerprint density at radius 2 is 1.97 bits per heavy atom. The van der Waals surface area contributed by atoms with Gasteiger partial charge in [-0.15, -0.1) is 0 Å². The van der Waals surface area contributed by atoms with Gasteiger partial charge in [0.05, 0.1) is 17.3 Å². The zero-order valence-corrected chi connectivity index (χ0v) is 18.2. The van der Waals surface area contributed by atoms with E-state index in [0.29, 0.717) is 13.1 Å². The number of aliphatic hydroxyl groups excluding tert-OH is 1. The number of ether oxygens (including phenoxy) is 1. The van der Waals surface area contributed by atoms with Crippen molar-refractivity contribution in [2.75, 3.05) is 13.1 Å². The molecular weight excluding hydrogens is 379 g/mol. The lowest BCUT2D eigenvalue weighted by Crippen LogP contribution is -2.41. The van der Waals surface area contributed by atoms with Crippen LogP contribution in [0.3, 0.4) is 0 Å². The van der Waals surface area contributed by atoms with E-state index in [-0.39, 0.29) is 24.4 Å². The van der Waals surface area contributed by atoms with Gasteiger partial charge >= 0.3 is 7.12 Å². The minimum Gasteiger partial charge on any atom is -0.489 e. The van der Waals surface area contributed by atoms with Gasteiger partial charge in [0.15, 0.2) is 0 Å². The number of nitrogens with zero attached hydrogens (tertiary/aromatic N) is 1. The molecule has 2 aliphatic heterocycles. The van der Waals surface area contributed by atoms with Gasteiger partial charge in [0, 0.05) is 31.0 Å². The van der Waals surface area contributed by atoms with Gasteiger partial charge in [0.1, 0.15) is 11.9 Å². The topological polar surface area (TPSA) is 72.8 Å². The van der Waals surface area contributed by atoms with Crippen LogP contribution in [0.4, 0.5) is 0 Å². The van der Waals surface area contributed by atoms with Crippen LogP contribution in [-0.4, -0.2) is 47.6 Å². The van der Waals surface area contributed by atoms with Gasteiger partial charge < -0.3 is 24.5 Å². The molecule has 0 spiro atoms. The Kier molecular flexibility index (Phi) is 5.90. The SMILES string of the molecule is CC1(C)OB(c2ccc3c(c2)CC[C@H](CNC[C@H](O)c2cccnc2)O3)OC1(C)C. The number of fused-ring (bicyclic) bond motifs is 1. The summed E-state index contributed by atoms with van der Waals surface area (Å²) >= 11 is 0. The molecule has 3 heterocycles.